The molecule has 132 valence electrons. The van der Waals surface area contributed by atoms with Crippen molar-refractivity contribution in [1.29, 1.82) is 0 Å². The van der Waals surface area contributed by atoms with Crippen molar-refractivity contribution in [3.05, 3.63) is 35.4 Å². The Kier molecular flexibility index (Phi) is 4.83. The first kappa shape index (κ1) is 17.2. The predicted octanol–water partition coefficient (Wildman–Crippen LogP) is 2.66. The Morgan fingerprint density at radius 3 is 2.67 bits per heavy atom. The third-order valence-corrected chi connectivity index (χ3v) is 4.82. The largest absolute Gasteiger partial charge is 0.416 e. The van der Waals surface area contributed by atoms with Crippen LogP contribution in [-0.4, -0.2) is 38.4 Å². The molecule has 1 heterocycles. The number of nitrogens with one attached hydrogen (secondary N) is 1. The van der Waals surface area contributed by atoms with Crippen LogP contribution in [0.4, 0.5) is 13.2 Å². The minimum Gasteiger partial charge on any atom is -0.376 e. The minimum atomic E-state index is -4.36. The van der Waals surface area contributed by atoms with Crippen molar-refractivity contribution in [1.82, 2.24) is 5.32 Å². The summed E-state index contributed by atoms with van der Waals surface area (Å²) in [5.74, 6) is -0.270. The van der Waals surface area contributed by atoms with Crippen molar-refractivity contribution in [2.24, 2.45) is 0 Å². The van der Waals surface area contributed by atoms with E-state index in [4.69, 9.17) is 9.47 Å². The van der Waals surface area contributed by atoms with E-state index in [1.54, 1.807) is 6.07 Å². The van der Waals surface area contributed by atoms with Crippen LogP contribution in [0.5, 0.6) is 0 Å². The van der Waals surface area contributed by atoms with Gasteiger partial charge in [-0.1, -0.05) is 24.6 Å². The van der Waals surface area contributed by atoms with Gasteiger partial charge in [-0.3, -0.25) is 4.79 Å². The number of rotatable bonds is 4. The zero-order valence-electron chi connectivity index (χ0n) is 13.2. The minimum absolute atomic E-state index is 0.211. The Bertz CT molecular complexity index is 593. The molecule has 1 aliphatic carbocycles. The van der Waals surface area contributed by atoms with Gasteiger partial charge >= 0.3 is 6.18 Å². The van der Waals surface area contributed by atoms with Crippen LogP contribution in [-0.2, 0) is 25.9 Å². The van der Waals surface area contributed by atoms with Crippen LogP contribution in [0.25, 0.3) is 0 Å². The van der Waals surface area contributed by atoms with Crippen LogP contribution in [0.15, 0.2) is 24.3 Å². The molecule has 1 aromatic carbocycles. The van der Waals surface area contributed by atoms with E-state index < -0.39 is 23.3 Å². The summed E-state index contributed by atoms with van der Waals surface area (Å²) in [5.41, 5.74) is -0.446. The van der Waals surface area contributed by atoms with Crippen LogP contribution in [0, 0.1) is 0 Å². The molecule has 7 heteroatoms. The van der Waals surface area contributed by atoms with Crippen LogP contribution in [0.1, 0.15) is 30.4 Å². The lowest BCUT2D eigenvalue weighted by Gasteiger charge is -2.43. The second-order valence-corrected chi connectivity index (χ2v) is 6.36. The molecule has 0 aromatic heterocycles. The monoisotopic (exact) mass is 343 g/mol. The topological polar surface area (TPSA) is 47.6 Å². The molecule has 0 spiro atoms. The van der Waals surface area contributed by atoms with Crippen LogP contribution >= 0.6 is 0 Å². The summed E-state index contributed by atoms with van der Waals surface area (Å²) >= 11 is 0. The van der Waals surface area contributed by atoms with Crippen molar-refractivity contribution in [2.75, 3.05) is 26.4 Å². The highest BCUT2D eigenvalue weighted by atomic mass is 19.4. The molecule has 24 heavy (non-hydrogen) atoms. The molecule has 0 radical (unpaired) electrons. The molecule has 0 unspecified atom stereocenters. The molecule has 0 bridgehead atoms. The van der Waals surface area contributed by atoms with Gasteiger partial charge in [-0.15, -0.1) is 0 Å². The molecule has 2 aliphatic rings. The summed E-state index contributed by atoms with van der Waals surface area (Å²) in [4.78, 5) is 12.1. The van der Waals surface area contributed by atoms with Crippen molar-refractivity contribution in [3.63, 3.8) is 0 Å². The van der Waals surface area contributed by atoms with E-state index in [0.717, 1.165) is 25.3 Å². The molecule has 1 saturated heterocycles. The van der Waals surface area contributed by atoms with Gasteiger partial charge in [0.05, 0.1) is 25.4 Å². The van der Waals surface area contributed by atoms with Gasteiger partial charge in [-0.2, -0.15) is 13.2 Å². The highest BCUT2D eigenvalue weighted by Crippen LogP contribution is 2.44. The molecule has 1 atom stereocenters. The molecule has 1 amide bonds. The van der Waals surface area contributed by atoms with Crippen molar-refractivity contribution >= 4 is 5.91 Å². The van der Waals surface area contributed by atoms with E-state index in [2.05, 4.69) is 5.32 Å². The summed E-state index contributed by atoms with van der Waals surface area (Å²) < 4.78 is 49.3. The Morgan fingerprint density at radius 1 is 1.29 bits per heavy atom. The SMILES string of the molecule is O=C(NCC1(c2cccc(C(F)(F)F)c2)CCC1)[C@H]1COCCO1. The zero-order valence-corrected chi connectivity index (χ0v) is 13.2. The Balaban J connectivity index is 1.69. The summed E-state index contributed by atoms with van der Waals surface area (Å²) in [6.45, 7) is 1.37. The van der Waals surface area contributed by atoms with E-state index in [9.17, 15) is 18.0 Å². The van der Waals surface area contributed by atoms with E-state index in [-0.39, 0.29) is 12.5 Å². The number of halogens is 3. The van der Waals surface area contributed by atoms with Crippen LogP contribution in [0.3, 0.4) is 0 Å². The molecular formula is C17H20F3NO3. The third-order valence-electron chi connectivity index (χ3n) is 4.82. The quantitative estimate of drug-likeness (QED) is 0.914. The zero-order chi connectivity index (χ0) is 17.2. The maximum absolute atomic E-state index is 12.9. The van der Waals surface area contributed by atoms with Gasteiger partial charge in [0.25, 0.3) is 5.91 Å². The maximum Gasteiger partial charge on any atom is 0.416 e. The van der Waals surface area contributed by atoms with Gasteiger partial charge in [-0.05, 0) is 24.5 Å². The molecule has 1 aromatic rings. The second-order valence-electron chi connectivity index (χ2n) is 6.36. The number of alkyl halides is 3. The summed E-state index contributed by atoms with van der Waals surface area (Å²) in [5, 5.41) is 2.83. The van der Waals surface area contributed by atoms with Gasteiger partial charge < -0.3 is 14.8 Å². The van der Waals surface area contributed by atoms with Gasteiger partial charge in [0.15, 0.2) is 6.10 Å². The highest BCUT2D eigenvalue weighted by molar-refractivity contribution is 5.81. The average Bonchev–Trinajstić information content (AvgIpc) is 2.54. The molecule has 2 fully saturated rings. The fourth-order valence-corrected chi connectivity index (χ4v) is 3.21. The fourth-order valence-electron chi connectivity index (χ4n) is 3.21. The Labute approximate surface area is 138 Å². The number of hydrogen-bond donors (Lipinski definition) is 1. The van der Waals surface area contributed by atoms with Gasteiger partial charge in [0.1, 0.15) is 0 Å². The van der Waals surface area contributed by atoms with Crippen LogP contribution in [0.2, 0.25) is 0 Å². The number of amides is 1. The van der Waals surface area contributed by atoms with E-state index in [0.29, 0.717) is 25.3 Å². The van der Waals surface area contributed by atoms with E-state index >= 15 is 0 Å². The van der Waals surface area contributed by atoms with Crippen molar-refractivity contribution in [3.8, 4) is 0 Å². The van der Waals surface area contributed by atoms with Gasteiger partial charge in [-0.25, -0.2) is 0 Å². The maximum atomic E-state index is 12.9. The lowest BCUT2D eigenvalue weighted by atomic mass is 9.64. The normalized spacial score (nSPS) is 23.4. The number of carbonyl (C=O) groups excluding carboxylic acids is 1. The smallest absolute Gasteiger partial charge is 0.376 e. The first-order valence-corrected chi connectivity index (χ1v) is 8.06. The average molecular weight is 343 g/mol. The number of benzene rings is 1. The van der Waals surface area contributed by atoms with Crippen molar-refractivity contribution in [2.45, 2.75) is 37.0 Å². The van der Waals surface area contributed by atoms with Gasteiger partial charge in [0.2, 0.25) is 0 Å². The molecule has 1 N–H and O–H groups in total. The Hall–Kier alpha value is -1.60. The first-order valence-electron chi connectivity index (χ1n) is 8.06. The molecular weight excluding hydrogens is 323 g/mol. The highest BCUT2D eigenvalue weighted by Gasteiger charge is 2.41. The molecule has 1 saturated carbocycles. The van der Waals surface area contributed by atoms with E-state index in [1.165, 1.54) is 12.1 Å². The lowest BCUT2D eigenvalue weighted by Crippen LogP contribution is -2.50. The molecule has 4 nitrogen and oxygen atoms in total. The van der Waals surface area contributed by atoms with Crippen LogP contribution < -0.4 is 5.32 Å². The van der Waals surface area contributed by atoms with E-state index in [1.807, 2.05) is 0 Å². The second kappa shape index (κ2) is 6.72. The fraction of sp³-hybridized carbons (Fsp3) is 0.588. The number of ether oxygens (including phenoxy) is 2. The Morgan fingerprint density at radius 2 is 2.08 bits per heavy atom. The molecule has 3 rings (SSSR count). The summed E-state index contributed by atoms with van der Waals surface area (Å²) in [6.07, 6.45) is -2.54. The third kappa shape index (κ3) is 3.57. The first-order chi connectivity index (χ1) is 11.4. The number of carbonyl (C=O) groups is 1. The number of hydrogen-bond acceptors (Lipinski definition) is 3. The predicted molar refractivity (Wildman–Crippen MR) is 80.5 cm³/mol. The lowest BCUT2D eigenvalue weighted by molar-refractivity contribution is -0.148. The summed E-state index contributed by atoms with van der Waals surface area (Å²) in [6, 6.07) is 5.41. The summed E-state index contributed by atoms with van der Waals surface area (Å²) in [7, 11) is 0. The van der Waals surface area contributed by atoms with Crippen molar-refractivity contribution < 1.29 is 27.4 Å². The standard InChI is InChI=1S/C17H20F3NO3/c18-17(19,20)13-4-1-3-12(9-13)16(5-2-6-16)11-21-15(22)14-10-23-7-8-24-14/h1,3-4,9,14H,2,5-8,10-11H2,(H,21,22)/t14-/m1/s1. The molecule has 1 aliphatic heterocycles. The van der Waals surface area contributed by atoms with Gasteiger partial charge in [0, 0.05) is 12.0 Å².